The lowest BCUT2D eigenvalue weighted by atomic mass is 10.1. The van der Waals surface area contributed by atoms with E-state index in [1.807, 2.05) is 23.0 Å². The molecule has 26 heavy (non-hydrogen) atoms. The fourth-order valence-electron chi connectivity index (χ4n) is 2.43. The maximum atomic E-state index is 12.9. The maximum absolute atomic E-state index is 12.9. The third-order valence-corrected chi connectivity index (χ3v) is 4.50. The van der Waals surface area contributed by atoms with E-state index in [-0.39, 0.29) is 24.9 Å². The molecule has 0 saturated heterocycles. The fraction of sp³-hybridized carbons (Fsp3) is 0.167. The lowest BCUT2D eigenvalue weighted by molar-refractivity contribution is -0.139. The van der Waals surface area contributed by atoms with E-state index in [9.17, 15) is 14.0 Å². The van der Waals surface area contributed by atoms with Crippen LogP contribution in [0.2, 0.25) is 0 Å². The minimum atomic E-state index is -0.737. The number of benzene rings is 1. The molecule has 1 unspecified atom stereocenters. The van der Waals surface area contributed by atoms with Crippen molar-refractivity contribution in [3.8, 4) is 0 Å². The molecule has 2 aromatic heterocycles. The first kappa shape index (κ1) is 17.8. The van der Waals surface area contributed by atoms with Crippen LogP contribution < -0.4 is 10.6 Å². The number of hydrogen-bond acceptors (Lipinski definition) is 4. The predicted molar refractivity (Wildman–Crippen MR) is 95.9 cm³/mol. The summed E-state index contributed by atoms with van der Waals surface area (Å²) in [5.74, 6) is -1.81. The Balaban J connectivity index is 1.54. The molecule has 3 rings (SSSR count). The van der Waals surface area contributed by atoms with Crippen molar-refractivity contribution >= 4 is 23.2 Å². The molecule has 3 aromatic rings. The van der Waals surface area contributed by atoms with Crippen molar-refractivity contribution in [2.75, 3.05) is 6.54 Å². The molecule has 0 radical (unpaired) electrons. The highest BCUT2D eigenvalue weighted by molar-refractivity contribution is 7.08. The van der Waals surface area contributed by atoms with E-state index < -0.39 is 11.8 Å². The van der Waals surface area contributed by atoms with Crippen LogP contribution in [0, 0.1) is 5.82 Å². The Morgan fingerprint density at radius 3 is 2.58 bits per heavy atom. The molecule has 2 amide bonds. The second-order valence-corrected chi connectivity index (χ2v) is 6.36. The maximum Gasteiger partial charge on any atom is 0.309 e. The average molecular weight is 372 g/mol. The van der Waals surface area contributed by atoms with Crippen LogP contribution in [0.5, 0.6) is 0 Å². The second-order valence-electron chi connectivity index (χ2n) is 5.58. The van der Waals surface area contributed by atoms with Crippen molar-refractivity contribution in [2.45, 2.75) is 12.6 Å². The minimum absolute atomic E-state index is 0.152. The lowest BCUT2D eigenvalue weighted by Gasteiger charge is -2.17. The molecule has 1 aromatic carbocycles. The van der Waals surface area contributed by atoms with E-state index in [1.165, 1.54) is 12.1 Å². The van der Waals surface area contributed by atoms with Crippen molar-refractivity contribution in [1.82, 2.24) is 20.4 Å². The number of aromatic nitrogens is 2. The molecule has 8 heteroatoms. The van der Waals surface area contributed by atoms with E-state index in [4.69, 9.17) is 0 Å². The van der Waals surface area contributed by atoms with Gasteiger partial charge >= 0.3 is 11.8 Å². The van der Waals surface area contributed by atoms with E-state index >= 15 is 0 Å². The molecular weight excluding hydrogens is 355 g/mol. The molecule has 0 aliphatic heterocycles. The van der Waals surface area contributed by atoms with Crippen LogP contribution in [-0.4, -0.2) is 28.1 Å². The molecule has 134 valence electrons. The van der Waals surface area contributed by atoms with Gasteiger partial charge in [-0.3, -0.25) is 14.3 Å². The van der Waals surface area contributed by atoms with E-state index in [0.29, 0.717) is 5.56 Å². The SMILES string of the molecule is O=C(NCc1ccc(F)cc1)C(=O)NCC(c1ccsc1)n1cccn1. The first-order chi connectivity index (χ1) is 12.6. The predicted octanol–water partition coefficient (Wildman–Crippen LogP) is 2.11. The normalized spacial score (nSPS) is 11.7. The van der Waals surface area contributed by atoms with Gasteiger partial charge in [-0.25, -0.2) is 4.39 Å². The van der Waals surface area contributed by atoms with Crippen molar-refractivity contribution in [1.29, 1.82) is 0 Å². The Bertz CT molecular complexity index is 814. The molecule has 0 bridgehead atoms. The Morgan fingerprint density at radius 1 is 1.15 bits per heavy atom. The summed E-state index contributed by atoms with van der Waals surface area (Å²) < 4.78 is 14.6. The number of carbonyl (C=O) groups is 2. The first-order valence-electron chi connectivity index (χ1n) is 7.95. The number of thiophene rings is 1. The molecule has 1 atom stereocenters. The highest BCUT2D eigenvalue weighted by atomic mass is 32.1. The van der Waals surface area contributed by atoms with Crippen LogP contribution >= 0.6 is 11.3 Å². The number of nitrogens with one attached hydrogen (secondary N) is 2. The highest BCUT2D eigenvalue weighted by Gasteiger charge is 2.19. The van der Waals surface area contributed by atoms with Crippen LogP contribution in [0.4, 0.5) is 4.39 Å². The zero-order chi connectivity index (χ0) is 18.4. The topological polar surface area (TPSA) is 76.0 Å². The summed E-state index contributed by atoms with van der Waals surface area (Å²) >= 11 is 1.55. The van der Waals surface area contributed by atoms with Gasteiger partial charge in [-0.2, -0.15) is 16.4 Å². The molecule has 0 aliphatic rings. The third kappa shape index (κ3) is 4.54. The van der Waals surface area contributed by atoms with Gasteiger partial charge in [0.05, 0.1) is 6.04 Å². The summed E-state index contributed by atoms with van der Waals surface area (Å²) in [5.41, 5.74) is 1.71. The highest BCUT2D eigenvalue weighted by Crippen LogP contribution is 2.19. The number of rotatable bonds is 6. The number of halogens is 1. The number of amides is 2. The van der Waals surface area contributed by atoms with Gasteiger partial charge in [-0.05, 0) is 46.2 Å². The molecule has 2 heterocycles. The summed E-state index contributed by atoms with van der Waals surface area (Å²) in [7, 11) is 0. The fourth-order valence-corrected chi connectivity index (χ4v) is 3.14. The Labute approximate surface area is 153 Å². The van der Waals surface area contributed by atoms with Gasteiger partial charge in [0, 0.05) is 25.5 Å². The monoisotopic (exact) mass is 372 g/mol. The molecule has 0 aliphatic carbocycles. The van der Waals surface area contributed by atoms with Gasteiger partial charge in [0.15, 0.2) is 0 Å². The molecule has 0 fully saturated rings. The van der Waals surface area contributed by atoms with Crippen molar-refractivity contribution in [2.24, 2.45) is 0 Å². The first-order valence-corrected chi connectivity index (χ1v) is 8.89. The minimum Gasteiger partial charge on any atom is -0.345 e. The van der Waals surface area contributed by atoms with E-state index in [0.717, 1.165) is 5.56 Å². The second kappa shape index (κ2) is 8.39. The zero-order valence-corrected chi connectivity index (χ0v) is 14.6. The molecule has 6 nitrogen and oxygen atoms in total. The van der Waals surface area contributed by atoms with Crippen LogP contribution in [-0.2, 0) is 16.1 Å². The molecule has 0 saturated carbocycles. The number of nitrogens with zero attached hydrogens (tertiary/aromatic N) is 2. The van der Waals surface area contributed by atoms with Gasteiger partial charge in [-0.1, -0.05) is 12.1 Å². The van der Waals surface area contributed by atoms with Gasteiger partial charge in [0.1, 0.15) is 5.82 Å². The summed E-state index contributed by atoms with van der Waals surface area (Å²) in [6.07, 6.45) is 3.47. The number of hydrogen-bond donors (Lipinski definition) is 2. The zero-order valence-electron chi connectivity index (χ0n) is 13.8. The smallest absolute Gasteiger partial charge is 0.309 e. The summed E-state index contributed by atoms with van der Waals surface area (Å²) in [5, 5.41) is 13.3. The van der Waals surface area contributed by atoms with Crippen LogP contribution in [0.3, 0.4) is 0 Å². The van der Waals surface area contributed by atoms with Crippen LogP contribution in [0.25, 0.3) is 0 Å². The van der Waals surface area contributed by atoms with Gasteiger partial charge in [0.2, 0.25) is 0 Å². The summed E-state index contributed by atoms with van der Waals surface area (Å²) in [4.78, 5) is 24.0. The summed E-state index contributed by atoms with van der Waals surface area (Å²) in [6.45, 7) is 0.390. The Morgan fingerprint density at radius 2 is 1.92 bits per heavy atom. The van der Waals surface area contributed by atoms with Gasteiger partial charge in [0.25, 0.3) is 0 Å². The molecule has 2 N–H and O–H groups in total. The Hall–Kier alpha value is -3.00. The standard InChI is InChI=1S/C18H17FN4O2S/c19-15-4-2-13(3-5-15)10-20-17(24)18(25)21-11-16(14-6-9-26-12-14)23-8-1-7-22-23/h1-9,12,16H,10-11H2,(H,20,24)(H,21,25). The quantitative estimate of drug-likeness (QED) is 0.651. The largest absolute Gasteiger partial charge is 0.345 e. The average Bonchev–Trinajstić information content (AvgIpc) is 3.35. The van der Waals surface area contributed by atoms with Crippen molar-refractivity contribution in [3.05, 3.63) is 76.5 Å². The summed E-state index contributed by atoms with van der Waals surface area (Å²) in [6, 6.07) is 9.28. The van der Waals surface area contributed by atoms with Crippen molar-refractivity contribution < 1.29 is 14.0 Å². The molecule has 0 spiro atoms. The van der Waals surface area contributed by atoms with Gasteiger partial charge in [-0.15, -0.1) is 0 Å². The van der Waals surface area contributed by atoms with Crippen LogP contribution in [0.1, 0.15) is 17.2 Å². The van der Waals surface area contributed by atoms with E-state index in [1.54, 1.807) is 40.4 Å². The van der Waals surface area contributed by atoms with E-state index in [2.05, 4.69) is 15.7 Å². The van der Waals surface area contributed by atoms with Gasteiger partial charge < -0.3 is 10.6 Å². The van der Waals surface area contributed by atoms with Crippen molar-refractivity contribution in [3.63, 3.8) is 0 Å². The third-order valence-electron chi connectivity index (χ3n) is 3.80. The lowest BCUT2D eigenvalue weighted by Crippen LogP contribution is -2.42. The Kier molecular flexibility index (Phi) is 5.75. The molecular formula is C18H17FN4O2S. The number of carbonyl (C=O) groups excluding carboxylic acids is 2. The van der Waals surface area contributed by atoms with Crippen LogP contribution in [0.15, 0.2) is 59.6 Å².